The Hall–Kier alpha value is -1.00. The molecule has 1 aromatic rings. The molecule has 0 atom stereocenters. The molecule has 0 heterocycles. The molecule has 1 saturated carbocycles. The maximum atomic E-state index is 8.93. The van der Waals surface area contributed by atoms with Crippen LogP contribution in [0.2, 0.25) is 5.02 Å². The molecule has 0 N–H and O–H groups in total. The molecule has 68 valence electrons. The fraction of sp³-hybridized carbons (Fsp3) is 0.364. The lowest BCUT2D eigenvalue weighted by Gasteiger charge is -2.06. The second-order valence-corrected chi connectivity index (χ2v) is 3.58. The number of benzene rings is 1. The Morgan fingerprint density at radius 3 is 2.38 bits per heavy atom. The first-order valence-electron chi connectivity index (χ1n) is 3.95. The topological polar surface area (TPSA) is 23.8 Å². The van der Waals surface area contributed by atoms with E-state index < -0.39 is 0 Å². The number of rotatable bonds is 1. The van der Waals surface area contributed by atoms with Gasteiger partial charge in [0.1, 0.15) is 0 Å². The number of nitriles is 1. The van der Waals surface area contributed by atoms with Gasteiger partial charge in [-0.2, -0.15) is 5.26 Å². The molecule has 1 aliphatic rings. The third-order valence-electron chi connectivity index (χ3n) is 2.35. The largest absolute Gasteiger partial charge is 0.197 e. The van der Waals surface area contributed by atoms with Crippen LogP contribution in [0.1, 0.15) is 25.8 Å². The molecular formula is C11H12ClN. The second kappa shape index (κ2) is 3.40. The van der Waals surface area contributed by atoms with Crippen molar-refractivity contribution in [1.29, 1.82) is 5.26 Å². The van der Waals surface area contributed by atoms with Gasteiger partial charge < -0.3 is 0 Å². The van der Waals surface area contributed by atoms with Gasteiger partial charge in [-0.1, -0.05) is 37.2 Å². The minimum absolute atomic E-state index is 0. The summed E-state index contributed by atoms with van der Waals surface area (Å²) in [6.45, 7) is 0. The van der Waals surface area contributed by atoms with Gasteiger partial charge in [0.25, 0.3) is 0 Å². The van der Waals surface area contributed by atoms with Crippen molar-refractivity contribution in [3.63, 3.8) is 0 Å². The van der Waals surface area contributed by atoms with Gasteiger partial charge in [0.15, 0.2) is 0 Å². The van der Waals surface area contributed by atoms with E-state index in [1.54, 1.807) is 0 Å². The molecule has 0 aliphatic heterocycles. The van der Waals surface area contributed by atoms with Gasteiger partial charge in [-0.3, -0.25) is 0 Å². The molecule has 1 aromatic carbocycles. The highest BCUT2D eigenvalue weighted by Crippen LogP contribution is 2.49. The minimum atomic E-state index is -0.252. The van der Waals surface area contributed by atoms with Crippen LogP contribution >= 0.6 is 11.6 Å². The van der Waals surface area contributed by atoms with E-state index in [2.05, 4.69) is 6.07 Å². The Kier molecular flexibility index (Phi) is 2.63. The van der Waals surface area contributed by atoms with Crippen LogP contribution in [0.25, 0.3) is 0 Å². The Labute approximate surface area is 84.0 Å². The lowest BCUT2D eigenvalue weighted by molar-refractivity contribution is 0.909. The summed E-state index contributed by atoms with van der Waals surface area (Å²) < 4.78 is 0. The van der Waals surface area contributed by atoms with Gasteiger partial charge >= 0.3 is 0 Å². The van der Waals surface area contributed by atoms with Gasteiger partial charge in [0.05, 0.1) is 11.5 Å². The van der Waals surface area contributed by atoms with Crippen LogP contribution in [0.4, 0.5) is 0 Å². The number of nitrogens with zero attached hydrogens (tertiary/aromatic N) is 1. The molecule has 0 radical (unpaired) electrons. The third-order valence-corrected chi connectivity index (χ3v) is 2.68. The number of halogens is 1. The van der Waals surface area contributed by atoms with Crippen LogP contribution < -0.4 is 0 Å². The van der Waals surface area contributed by atoms with E-state index in [0.717, 1.165) is 23.4 Å². The Bertz CT molecular complexity index is 347. The summed E-state index contributed by atoms with van der Waals surface area (Å²) >= 11 is 5.98. The lowest BCUT2D eigenvalue weighted by Crippen LogP contribution is -2.02. The molecule has 0 aromatic heterocycles. The Morgan fingerprint density at radius 1 is 1.31 bits per heavy atom. The summed E-state index contributed by atoms with van der Waals surface area (Å²) in [6.07, 6.45) is 1.90. The van der Waals surface area contributed by atoms with Crippen LogP contribution in [0.3, 0.4) is 0 Å². The summed E-state index contributed by atoms with van der Waals surface area (Å²) in [5.74, 6) is 0. The number of hydrogen-bond acceptors (Lipinski definition) is 1. The molecule has 0 bridgehead atoms. The quantitative estimate of drug-likeness (QED) is 0.670. The van der Waals surface area contributed by atoms with E-state index >= 15 is 0 Å². The maximum absolute atomic E-state index is 8.93. The predicted molar refractivity (Wildman–Crippen MR) is 54.7 cm³/mol. The molecule has 1 aliphatic carbocycles. The molecule has 0 saturated heterocycles. The first-order valence-corrected chi connectivity index (χ1v) is 4.33. The first kappa shape index (κ1) is 10.1. The van der Waals surface area contributed by atoms with Crippen molar-refractivity contribution in [3.05, 3.63) is 34.9 Å². The summed E-state index contributed by atoms with van der Waals surface area (Å²) in [7, 11) is 0. The maximum Gasteiger partial charge on any atom is 0.0838 e. The smallest absolute Gasteiger partial charge is 0.0838 e. The highest BCUT2D eigenvalue weighted by molar-refractivity contribution is 6.31. The van der Waals surface area contributed by atoms with Crippen molar-refractivity contribution in [2.24, 2.45) is 0 Å². The highest BCUT2D eigenvalue weighted by Gasteiger charge is 2.45. The van der Waals surface area contributed by atoms with E-state index in [1.165, 1.54) is 0 Å². The van der Waals surface area contributed by atoms with E-state index in [0.29, 0.717) is 0 Å². The molecule has 0 amide bonds. The SMILES string of the molecule is C.N#CC1(c2ccccc2Cl)CC1. The summed E-state index contributed by atoms with van der Waals surface area (Å²) in [5, 5.41) is 9.64. The zero-order valence-electron chi connectivity index (χ0n) is 6.55. The van der Waals surface area contributed by atoms with Crippen molar-refractivity contribution in [2.75, 3.05) is 0 Å². The molecule has 0 unspecified atom stereocenters. The van der Waals surface area contributed by atoms with Crippen molar-refractivity contribution < 1.29 is 0 Å². The third kappa shape index (κ3) is 1.55. The molecule has 0 spiro atoms. The van der Waals surface area contributed by atoms with E-state index in [4.69, 9.17) is 16.9 Å². The Morgan fingerprint density at radius 2 is 1.92 bits per heavy atom. The zero-order valence-corrected chi connectivity index (χ0v) is 7.30. The predicted octanol–water partition coefficient (Wildman–Crippen LogP) is 3.53. The van der Waals surface area contributed by atoms with Crippen molar-refractivity contribution >= 4 is 11.6 Å². The van der Waals surface area contributed by atoms with E-state index in [9.17, 15) is 0 Å². The Balaban J connectivity index is 0.000000845. The zero-order chi connectivity index (χ0) is 8.60. The average Bonchev–Trinajstić information content (AvgIpc) is 2.86. The van der Waals surface area contributed by atoms with Gasteiger partial charge in [-0.15, -0.1) is 0 Å². The monoisotopic (exact) mass is 193 g/mol. The van der Waals surface area contributed by atoms with Crippen LogP contribution in [-0.2, 0) is 5.41 Å². The molecule has 1 fully saturated rings. The van der Waals surface area contributed by atoms with E-state index in [1.807, 2.05) is 24.3 Å². The summed E-state index contributed by atoms with van der Waals surface area (Å²) in [5.41, 5.74) is 0.743. The highest BCUT2D eigenvalue weighted by atomic mass is 35.5. The minimum Gasteiger partial charge on any atom is -0.197 e. The standard InChI is InChI=1S/C10H8ClN.CH4/c11-9-4-2-1-3-8(9)10(7-12)5-6-10;/h1-4H,5-6H2;1H4. The second-order valence-electron chi connectivity index (χ2n) is 3.17. The van der Waals surface area contributed by atoms with Crippen molar-refractivity contribution in [3.8, 4) is 6.07 Å². The van der Waals surface area contributed by atoms with Gasteiger partial charge in [0.2, 0.25) is 0 Å². The van der Waals surface area contributed by atoms with E-state index in [-0.39, 0.29) is 12.8 Å². The summed E-state index contributed by atoms with van der Waals surface area (Å²) in [4.78, 5) is 0. The summed E-state index contributed by atoms with van der Waals surface area (Å²) in [6, 6.07) is 9.93. The fourth-order valence-corrected chi connectivity index (χ4v) is 1.73. The van der Waals surface area contributed by atoms with Gasteiger partial charge in [-0.25, -0.2) is 0 Å². The molecule has 1 nitrogen and oxygen atoms in total. The first-order chi connectivity index (χ1) is 5.78. The number of hydrogen-bond donors (Lipinski definition) is 0. The van der Waals surface area contributed by atoms with Crippen LogP contribution in [0, 0.1) is 11.3 Å². The average molecular weight is 194 g/mol. The molecular weight excluding hydrogens is 182 g/mol. The van der Waals surface area contributed by atoms with Crippen molar-refractivity contribution in [2.45, 2.75) is 25.7 Å². The van der Waals surface area contributed by atoms with Crippen molar-refractivity contribution in [1.82, 2.24) is 0 Å². The van der Waals surface area contributed by atoms with Gasteiger partial charge in [0, 0.05) is 5.02 Å². The fourth-order valence-electron chi connectivity index (χ4n) is 1.42. The lowest BCUT2D eigenvalue weighted by atomic mass is 9.98. The molecule has 2 rings (SSSR count). The normalized spacial score (nSPS) is 16.9. The van der Waals surface area contributed by atoms with Gasteiger partial charge in [-0.05, 0) is 24.5 Å². The molecule has 13 heavy (non-hydrogen) atoms. The van der Waals surface area contributed by atoms with Crippen LogP contribution in [0.15, 0.2) is 24.3 Å². The van der Waals surface area contributed by atoms with Crippen LogP contribution in [0.5, 0.6) is 0 Å². The molecule has 2 heteroatoms. The van der Waals surface area contributed by atoms with Crippen LogP contribution in [-0.4, -0.2) is 0 Å².